The van der Waals surface area contributed by atoms with E-state index in [4.69, 9.17) is 4.74 Å². The normalized spacial score (nSPS) is 24.7. The van der Waals surface area contributed by atoms with Crippen LogP contribution in [0.25, 0.3) is 0 Å². The summed E-state index contributed by atoms with van der Waals surface area (Å²) in [4.78, 5) is 12.9. The van der Waals surface area contributed by atoms with Gasteiger partial charge in [-0.15, -0.1) is 12.6 Å². The lowest BCUT2D eigenvalue weighted by Crippen LogP contribution is -2.61. The molecule has 19 heavy (non-hydrogen) atoms. The van der Waals surface area contributed by atoms with E-state index in [-0.39, 0.29) is 23.5 Å². The quantitative estimate of drug-likeness (QED) is 0.826. The number of methoxy groups -OCH3 is 1. The Labute approximate surface area is 127 Å². The van der Waals surface area contributed by atoms with Gasteiger partial charge in [-0.2, -0.15) is 0 Å². The highest BCUT2D eigenvalue weighted by molar-refractivity contribution is 9.10. The van der Waals surface area contributed by atoms with Crippen molar-refractivity contribution in [1.82, 2.24) is 5.32 Å². The third-order valence-electron chi connectivity index (χ3n) is 3.97. The van der Waals surface area contributed by atoms with Crippen molar-refractivity contribution in [2.45, 2.75) is 37.3 Å². The molecule has 0 aromatic heterocycles. The number of ether oxygens (including phenoxy) is 1. The van der Waals surface area contributed by atoms with Crippen LogP contribution in [0.3, 0.4) is 0 Å². The number of rotatable bonds is 3. The van der Waals surface area contributed by atoms with Crippen LogP contribution in [0.4, 0.5) is 0 Å². The molecule has 0 bridgehead atoms. The Morgan fingerprint density at radius 1 is 1.53 bits per heavy atom. The van der Waals surface area contributed by atoms with Crippen LogP contribution in [0.5, 0.6) is 0 Å². The lowest BCUT2D eigenvalue weighted by molar-refractivity contribution is -0.0942. The van der Waals surface area contributed by atoms with Gasteiger partial charge in [-0.25, -0.2) is 0 Å². The second kappa shape index (κ2) is 5.46. The Hall–Kier alpha value is -0.520. The maximum Gasteiger partial charge on any atom is 0.252 e. The van der Waals surface area contributed by atoms with E-state index in [2.05, 4.69) is 47.7 Å². The molecule has 1 aliphatic rings. The van der Waals surface area contributed by atoms with Crippen molar-refractivity contribution in [3.63, 3.8) is 0 Å². The number of hydrogen-bond acceptors (Lipinski definition) is 3. The summed E-state index contributed by atoms with van der Waals surface area (Å²) in [6.45, 7) is 4.22. The molecule has 2 atom stereocenters. The van der Waals surface area contributed by atoms with E-state index in [0.717, 1.165) is 10.9 Å². The Morgan fingerprint density at radius 3 is 2.74 bits per heavy atom. The molecule has 1 aliphatic carbocycles. The average Bonchev–Trinajstić information content (AvgIpc) is 2.33. The predicted molar refractivity (Wildman–Crippen MR) is 81.8 cm³/mol. The highest BCUT2D eigenvalue weighted by Crippen LogP contribution is 2.42. The van der Waals surface area contributed by atoms with E-state index in [1.54, 1.807) is 13.2 Å². The molecule has 104 valence electrons. The van der Waals surface area contributed by atoms with Crippen molar-refractivity contribution in [2.24, 2.45) is 5.41 Å². The molecule has 0 heterocycles. The maximum atomic E-state index is 12.2. The fourth-order valence-electron chi connectivity index (χ4n) is 2.46. The van der Waals surface area contributed by atoms with Crippen LogP contribution < -0.4 is 5.32 Å². The lowest BCUT2D eigenvalue weighted by Gasteiger charge is -2.51. The minimum absolute atomic E-state index is 0.0312. The van der Waals surface area contributed by atoms with Crippen molar-refractivity contribution in [3.8, 4) is 0 Å². The molecule has 5 heteroatoms. The van der Waals surface area contributed by atoms with E-state index < -0.39 is 0 Å². The summed E-state index contributed by atoms with van der Waals surface area (Å²) in [5.74, 6) is -0.0786. The Bertz CT molecular complexity index is 504. The van der Waals surface area contributed by atoms with Crippen molar-refractivity contribution in [1.29, 1.82) is 0 Å². The molecule has 2 rings (SSSR count). The Kier molecular flexibility index (Phi) is 4.28. The van der Waals surface area contributed by atoms with Gasteiger partial charge in [0.05, 0.1) is 11.7 Å². The first-order valence-electron chi connectivity index (χ1n) is 6.18. The number of carbonyl (C=O) groups excluding carboxylic acids is 1. The molecular weight excluding hydrogens is 326 g/mol. The first kappa shape index (κ1) is 14.9. The zero-order valence-electron chi connectivity index (χ0n) is 11.2. The maximum absolute atomic E-state index is 12.2. The number of hydrogen-bond donors (Lipinski definition) is 2. The van der Waals surface area contributed by atoms with Gasteiger partial charge >= 0.3 is 0 Å². The second-order valence-electron chi connectivity index (χ2n) is 5.47. The van der Waals surface area contributed by atoms with E-state index in [0.29, 0.717) is 10.5 Å². The number of halogens is 1. The highest BCUT2D eigenvalue weighted by atomic mass is 79.9. The van der Waals surface area contributed by atoms with Gasteiger partial charge in [0.15, 0.2) is 0 Å². The zero-order valence-corrected chi connectivity index (χ0v) is 13.7. The van der Waals surface area contributed by atoms with Gasteiger partial charge in [0.1, 0.15) is 0 Å². The van der Waals surface area contributed by atoms with Gasteiger partial charge in [-0.05, 0) is 24.6 Å². The van der Waals surface area contributed by atoms with Gasteiger partial charge in [-0.1, -0.05) is 29.8 Å². The number of benzene rings is 1. The van der Waals surface area contributed by atoms with Crippen LogP contribution >= 0.6 is 28.6 Å². The molecule has 1 N–H and O–H groups in total. The molecule has 2 unspecified atom stereocenters. The van der Waals surface area contributed by atoms with Crippen molar-refractivity contribution in [2.75, 3.05) is 7.11 Å². The van der Waals surface area contributed by atoms with Crippen LogP contribution in [0.15, 0.2) is 27.6 Å². The van der Waals surface area contributed by atoms with Gasteiger partial charge < -0.3 is 10.1 Å². The van der Waals surface area contributed by atoms with Gasteiger partial charge in [0.25, 0.3) is 5.91 Å². The van der Waals surface area contributed by atoms with Crippen molar-refractivity contribution < 1.29 is 9.53 Å². The van der Waals surface area contributed by atoms with Gasteiger partial charge in [0, 0.05) is 27.9 Å². The molecule has 0 aliphatic heterocycles. The summed E-state index contributed by atoms with van der Waals surface area (Å²) in [6.07, 6.45) is 1.06. The summed E-state index contributed by atoms with van der Waals surface area (Å²) in [6, 6.07) is 5.59. The topological polar surface area (TPSA) is 38.3 Å². The van der Waals surface area contributed by atoms with E-state index in [9.17, 15) is 4.79 Å². The lowest BCUT2D eigenvalue weighted by atomic mass is 9.64. The highest BCUT2D eigenvalue weighted by Gasteiger charge is 2.49. The van der Waals surface area contributed by atoms with Crippen molar-refractivity contribution >= 4 is 34.5 Å². The van der Waals surface area contributed by atoms with Crippen LogP contribution in [0.2, 0.25) is 0 Å². The molecule has 1 saturated carbocycles. The van der Waals surface area contributed by atoms with Gasteiger partial charge in [0.2, 0.25) is 0 Å². The molecule has 3 nitrogen and oxygen atoms in total. The molecule has 1 aromatic rings. The number of amides is 1. The average molecular weight is 344 g/mol. The first-order valence-corrected chi connectivity index (χ1v) is 7.42. The monoisotopic (exact) mass is 343 g/mol. The van der Waals surface area contributed by atoms with Crippen LogP contribution in [0, 0.1) is 5.41 Å². The number of thiol groups is 1. The summed E-state index contributed by atoms with van der Waals surface area (Å²) in [7, 11) is 1.71. The molecule has 0 radical (unpaired) electrons. The molecular formula is C14H18BrNO2S. The van der Waals surface area contributed by atoms with Crippen molar-refractivity contribution in [3.05, 3.63) is 28.2 Å². The largest absolute Gasteiger partial charge is 0.381 e. The number of nitrogens with one attached hydrogen (secondary N) is 1. The fraction of sp³-hybridized carbons (Fsp3) is 0.500. The number of carbonyl (C=O) groups is 1. The van der Waals surface area contributed by atoms with E-state index in [1.165, 1.54) is 0 Å². The van der Waals surface area contributed by atoms with Crippen LogP contribution in [0.1, 0.15) is 30.6 Å². The molecule has 1 amide bonds. The van der Waals surface area contributed by atoms with Gasteiger partial charge in [-0.3, -0.25) is 4.79 Å². The molecule has 1 aromatic carbocycles. The summed E-state index contributed by atoms with van der Waals surface area (Å²) in [5.41, 5.74) is 0.569. The second-order valence-corrected chi connectivity index (χ2v) is 6.87. The minimum Gasteiger partial charge on any atom is -0.381 e. The third-order valence-corrected chi connectivity index (χ3v) is 4.84. The Morgan fingerprint density at radius 2 is 2.21 bits per heavy atom. The summed E-state index contributed by atoms with van der Waals surface area (Å²) < 4.78 is 6.30. The zero-order chi connectivity index (χ0) is 14.2. The summed E-state index contributed by atoms with van der Waals surface area (Å²) in [5, 5.41) is 3.06. The first-order chi connectivity index (χ1) is 8.86. The Balaban J connectivity index is 2.07. The van der Waals surface area contributed by atoms with Crippen LogP contribution in [-0.2, 0) is 4.74 Å². The minimum atomic E-state index is -0.0786. The SMILES string of the molecule is COC1CC(NC(=O)c2ccc(Br)cc2S)C1(C)C. The third kappa shape index (κ3) is 2.83. The smallest absolute Gasteiger partial charge is 0.252 e. The van der Waals surface area contributed by atoms with Crippen LogP contribution in [-0.4, -0.2) is 25.2 Å². The van der Waals surface area contributed by atoms with E-state index in [1.807, 2.05) is 12.1 Å². The standard InChI is InChI=1S/C14H18BrNO2S/c1-14(2)11(7-12(14)18-3)16-13(17)9-5-4-8(15)6-10(9)19/h4-6,11-12,19H,7H2,1-3H3,(H,16,17). The van der Waals surface area contributed by atoms with E-state index >= 15 is 0 Å². The fourth-order valence-corrected chi connectivity index (χ4v) is 3.32. The summed E-state index contributed by atoms with van der Waals surface area (Å²) >= 11 is 7.70. The predicted octanol–water partition coefficient (Wildman–Crippen LogP) is 3.28. The molecule has 0 spiro atoms. The molecule has 0 saturated heterocycles. The molecule has 1 fully saturated rings.